The number of nitriles is 1. The predicted octanol–water partition coefficient (Wildman–Crippen LogP) is 3.32. The summed E-state index contributed by atoms with van der Waals surface area (Å²) >= 11 is 0. The van der Waals surface area contributed by atoms with Gasteiger partial charge in [0.15, 0.2) is 0 Å². The Hall–Kier alpha value is -2.03. The Labute approximate surface area is 108 Å². The molecule has 0 radical (unpaired) electrons. The lowest BCUT2D eigenvalue weighted by atomic mass is 10.1. The van der Waals surface area contributed by atoms with Gasteiger partial charge in [0.2, 0.25) is 0 Å². The fourth-order valence-corrected chi connectivity index (χ4v) is 1.59. The first-order valence-electron chi connectivity index (χ1n) is 5.51. The van der Waals surface area contributed by atoms with Crippen molar-refractivity contribution in [3.05, 3.63) is 29.3 Å². The summed E-state index contributed by atoms with van der Waals surface area (Å²) in [6, 6.07) is 4.71. The van der Waals surface area contributed by atoms with Crippen molar-refractivity contribution < 1.29 is 22.7 Å². The molecule has 0 aliphatic rings. The number of rotatable bonds is 4. The second-order valence-electron chi connectivity index (χ2n) is 4.16. The van der Waals surface area contributed by atoms with Gasteiger partial charge in [-0.05, 0) is 32.0 Å². The highest BCUT2D eigenvalue weighted by atomic mass is 19.4. The van der Waals surface area contributed by atoms with Gasteiger partial charge in [0, 0.05) is 6.42 Å². The van der Waals surface area contributed by atoms with E-state index in [-0.39, 0.29) is 23.5 Å². The van der Waals surface area contributed by atoms with Crippen LogP contribution >= 0.6 is 0 Å². The molecule has 1 atom stereocenters. The first kappa shape index (κ1) is 15.0. The van der Waals surface area contributed by atoms with Gasteiger partial charge < -0.3 is 4.74 Å². The van der Waals surface area contributed by atoms with Crippen LogP contribution in [0, 0.1) is 11.3 Å². The predicted molar refractivity (Wildman–Crippen MR) is 61.5 cm³/mol. The third-order valence-corrected chi connectivity index (χ3v) is 2.32. The van der Waals surface area contributed by atoms with E-state index in [0.29, 0.717) is 0 Å². The van der Waals surface area contributed by atoms with Gasteiger partial charge in [-0.1, -0.05) is 0 Å². The molecule has 19 heavy (non-hydrogen) atoms. The maximum absolute atomic E-state index is 12.8. The molecule has 102 valence electrons. The van der Waals surface area contributed by atoms with Crippen molar-refractivity contribution in [2.75, 3.05) is 0 Å². The van der Waals surface area contributed by atoms with E-state index in [1.807, 2.05) is 0 Å². The summed E-state index contributed by atoms with van der Waals surface area (Å²) in [5.74, 6) is -0.546. The number of nitrogens with zero attached hydrogens (tertiary/aromatic N) is 1. The molecule has 0 bridgehead atoms. The van der Waals surface area contributed by atoms with E-state index in [2.05, 4.69) is 0 Å². The number of ether oxygens (including phenoxy) is 1. The van der Waals surface area contributed by atoms with Gasteiger partial charge in [0.05, 0.1) is 17.2 Å². The Morgan fingerprint density at radius 1 is 1.47 bits per heavy atom. The first-order valence-corrected chi connectivity index (χ1v) is 5.51. The van der Waals surface area contributed by atoms with Crippen LogP contribution in [0.1, 0.15) is 31.4 Å². The molecule has 0 aliphatic carbocycles. The molecule has 0 heterocycles. The summed E-state index contributed by atoms with van der Waals surface area (Å²) in [6.45, 7) is 2.85. The fourth-order valence-electron chi connectivity index (χ4n) is 1.59. The average Bonchev–Trinajstić information content (AvgIpc) is 2.26. The maximum atomic E-state index is 12.8. The van der Waals surface area contributed by atoms with Crippen molar-refractivity contribution >= 4 is 5.78 Å². The number of halogens is 3. The molecule has 1 rings (SSSR count). The number of carbonyl (C=O) groups is 1. The Balaban J connectivity index is 3.07. The second-order valence-corrected chi connectivity index (χ2v) is 4.16. The molecule has 1 aromatic rings. The minimum atomic E-state index is -4.61. The molecule has 0 saturated carbocycles. The van der Waals surface area contributed by atoms with Gasteiger partial charge in [-0.2, -0.15) is 18.4 Å². The van der Waals surface area contributed by atoms with E-state index in [0.717, 1.165) is 12.1 Å². The number of carbonyl (C=O) groups excluding carboxylic acids is 1. The number of benzene rings is 1. The standard InChI is InChI=1S/C13H12F3NO2/c1-8(18)5-9(2)19-12-4-3-10(7-17)6-11(12)13(14,15)16/h3-4,6,9H,5H2,1-2H3. The lowest BCUT2D eigenvalue weighted by molar-refractivity contribution is -0.139. The molecule has 0 aliphatic heterocycles. The Morgan fingerprint density at radius 3 is 2.58 bits per heavy atom. The summed E-state index contributed by atoms with van der Waals surface area (Å²) < 4.78 is 43.6. The molecule has 0 aromatic heterocycles. The molecule has 0 amide bonds. The lowest BCUT2D eigenvalue weighted by Crippen LogP contribution is -2.18. The summed E-state index contributed by atoms with van der Waals surface area (Å²) in [5.41, 5.74) is -1.11. The zero-order valence-electron chi connectivity index (χ0n) is 10.4. The molecule has 1 unspecified atom stereocenters. The molecular weight excluding hydrogens is 259 g/mol. The molecule has 0 N–H and O–H groups in total. The number of hydrogen-bond donors (Lipinski definition) is 0. The largest absolute Gasteiger partial charge is 0.490 e. The summed E-state index contributed by atoms with van der Waals surface area (Å²) in [6.07, 6.45) is -5.25. The van der Waals surface area contributed by atoms with Crippen LogP contribution in [0.2, 0.25) is 0 Å². The fraction of sp³-hybridized carbons (Fsp3) is 0.385. The molecule has 0 saturated heterocycles. The summed E-state index contributed by atoms with van der Waals surface area (Å²) in [5, 5.41) is 8.62. The van der Waals surface area contributed by atoms with Crippen LogP contribution in [-0.2, 0) is 11.0 Å². The zero-order chi connectivity index (χ0) is 14.6. The number of ketones is 1. The molecule has 0 spiro atoms. The monoisotopic (exact) mass is 271 g/mol. The zero-order valence-corrected chi connectivity index (χ0v) is 10.4. The van der Waals surface area contributed by atoms with Gasteiger partial charge in [-0.15, -0.1) is 0 Å². The van der Waals surface area contributed by atoms with Crippen molar-refractivity contribution in [3.8, 4) is 11.8 Å². The topological polar surface area (TPSA) is 50.1 Å². The molecular formula is C13H12F3NO2. The van der Waals surface area contributed by atoms with Crippen molar-refractivity contribution in [2.24, 2.45) is 0 Å². The van der Waals surface area contributed by atoms with Gasteiger partial charge >= 0.3 is 6.18 Å². The summed E-state index contributed by atoms with van der Waals surface area (Å²) in [7, 11) is 0. The summed E-state index contributed by atoms with van der Waals surface area (Å²) in [4.78, 5) is 10.9. The number of hydrogen-bond acceptors (Lipinski definition) is 3. The third-order valence-electron chi connectivity index (χ3n) is 2.32. The van der Waals surface area contributed by atoms with Crippen molar-refractivity contribution in [2.45, 2.75) is 32.5 Å². The Morgan fingerprint density at radius 2 is 2.11 bits per heavy atom. The maximum Gasteiger partial charge on any atom is 0.420 e. The Bertz CT molecular complexity index is 518. The van der Waals surface area contributed by atoms with E-state index in [1.165, 1.54) is 19.9 Å². The highest BCUT2D eigenvalue weighted by Crippen LogP contribution is 2.37. The first-order chi connectivity index (χ1) is 8.74. The lowest BCUT2D eigenvalue weighted by Gasteiger charge is -2.18. The molecule has 1 aromatic carbocycles. The van der Waals surface area contributed by atoms with Gasteiger partial charge in [-0.25, -0.2) is 0 Å². The minimum Gasteiger partial charge on any atom is -0.490 e. The average molecular weight is 271 g/mol. The smallest absolute Gasteiger partial charge is 0.420 e. The van der Waals surface area contributed by atoms with Gasteiger partial charge in [0.25, 0.3) is 0 Å². The van der Waals surface area contributed by atoms with E-state index >= 15 is 0 Å². The van der Waals surface area contributed by atoms with Crippen molar-refractivity contribution in [1.29, 1.82) is 5.26 Å². The van der Waals surface area contributed by atoms with Crippen LogP contribution in [-0.4, -0.2) is 11.9 Å². The van der Waals surface area contributed by atoms with E-state index in [4.69, 9.17) is 10.00 Å². The van der Waals surface area contributed by atoms with Crippen molar-refractivity contribution in [3.63, 3.8) is 0 Å². The third kappa shape index (κ3) is 4.28. The van der Waals surface area contributed by atoms with Crippen LogP contribution in [0.15, 0.2) is 18.2 Å². The minimum absolute atomic E-state index is 0.0251. The van der Waals surface area contributed by atoms with Gasteiger partial charge in [0.1, 0.15) is 17.6 Å². The number of Topliss-reactive ketones (excluding diaryl/α,β-unsaturated/α-hetero) is 1. The van der Waals surface area contributed by atoms with Crippen LogP contribution in [0.5, 0.6) is 5.75 Å². The molecule has 6 heteroatoms. The van der Waals surface area contributed by atoms with Crippen LogP contribution < -0.4 is 4.74 Å². The quantitative estimate of drug-likeness (QED) is 0.844. The molecule has 0 fully saturated rings. The highest BCUT2D eigenvalue weighted by Gasteiger charge is 2.35. The highest BCUT2D eigenvalue weighted by molar-refractivity contribution is 5.75. The SMILES string of the molecule is CC(=O)CC(C)Oc1ccc(C#N)cc1C(F)(F)F. The van der Waals surface area contributed by atoms with Crippen LogP contribution in [0.3, 0.4) is 0 Å². The van der Waals surface area contributed by atoms with Crippen molar-refractivity contribution in [1.82, 2.24) is 0 Å². The number of alkyl halides is 3. The van der Waals surface area contributed by atoms with Gasteiger partial charge in [-0.3, -0.25) is 4.79 Å². The van der Waals surface area contributed by atoms with Crippen LogP contribution in [0.25, 0.3) is 0 Å². The Kier molecular flexibility index (Phi) is 4.54. The van der Waals surface area contributed by atoms with Crippen LogP contribution in [0.4, 0.5) is 13.2 Å². The van der Waals surface area contributed by atoms with E-state index in [1.54, 1.807) is 6.07 Å². The normalized spacial score (nSPS) is 12.6. The van der Waals surface area contributed by atoms with E-state index < -0.39 is 17.8 Å². The molecule has 3 nitrogen and oxygen atoms in total. The van der Waals surface area contributed by atoms with E-state index in [9.17, 15) is 18.0 Å². The second kappa shape index (κ2) is 5.74.